The molecule has 0 bridgehead atoms. The molecule has 0 spiro atoms. The fourth-order valence-corrected chi connectivity index (χ4v) is 4.03. The molecule has 9 heteroatoms. The molecule has 0 aliphatic carbocycles. The first-order valence-corrected chi connectivity index (χ1v) is 10.7. The number of aromatic nitrogens is 3. The van der Waals surface area contributed by atoms with Gasteiger partial charge in [0.1, 0.15) is 22.6 Å². The Labute approximate surface area is 183 Å². The summed E-state index contributed by atoms with van der Waals surface area (Å²) >= 11 is 1.33. The number of benzene rings is 2. The summed E-state index contributed by atoms with van der Waals surface area (Å²) in [5.41, 5.74) is 3.02. The fraction of sp³-hybridized carbons (Fsp3) is 0.227. The van der Waals surface area contributed by atoms with Gasteiger partial charge < -0.3 is 24.5 Å². The van der Waals surface area contributed by atoms with Gasteiger partial charge in [-0.3, -0.25) is 4.79 Å². The molecule has 0 atom stereocenters. The van der Waals surface area contributed by atoms with Crippen molar-refractivity contribution in [2.75, 3.05) is 31.9 Å². The molecule has 0 saturated heterocycles. The first-order chi connectivity index (χ1) is 15.1. The summed E-state index contributed by atoms with van der Waals surface area (Å²) < 4.78 is 16.4. The first-order valence-electron chi connectivity index (χ1n) is 9.67. The Bertz CT molecular complexity index is 1240. The van der Waals surface area contributed by atoms with Crippen LogP contribution in [-0.2, 0) is 4.79 Å². The summed E-state index contributed by atoms with van der Waals surface area (Å²) in [5.74, 6) is 1.93. The Morgan fingerprint density at radius 1 is 1.10 bits per heavy atom. The number of carbonyl (C=O) groups excluding carboxylic acids is 1. The lowest BCUT2D eigenvalue weighted by atomic mass is 10.2. The molecule has 2 aromatic carbocycles. The number of nitrogens with one attached hydrogen (secondary N) is 2. The fourth-order valence-electron chi connectivity index (χ4n) is 3.28. The quantitative estimate of drug-likeness (QED) is 0.313. The Hall–Kier alpha value is -3.46. The molecule has 2 heterocycles. The second kappa shape index (κ2) is 9.13. The number of H-pyrrole nitrogens is 1. The Morgan fingerprint density at radius 3 is 2.65 bits per heavy atom. The predicted octanol–water partition coefficient (Wildman–Crippen LogP) is 4.26. The number of ether oxygens (including phenoxy) is 3. The van der Waals surface area contributed by atoms with E-state index in [0.717, 1.165) is 21.9 Å². The molecule has 2 aromatic heterocycles. The predicted molar refractivity (Wildman–Crippen MR) is 121 cm³/mol. The van der Waals surface area contributed by atoms with Gasteiger partial charge in [-0.2, -0.15) is 0 Å². The van der Waals surface area contributed by atoms with Crippen LogP contribution in [0.4, 0.5) is 5.69 Å². The van der Waals surface area contributed by atoms with Crippen molar-refractivity contribution in [2.24, 2.45) is 0 Å². The van der Waals surface area contributed by atoms with E-state index in [1.165, 1.54) is 18.1 Å². The highest BCUT2D eigenvalue weighted by molar-refractivity contribution is 8.00. The van der Waals surface area contributed by atoms with Crippen molar-refractivity contribution in [3.8, 4) is 17.2 Å². The van der Waals surface area contributed by atoms with Crippen molar-refractivity contribution < 1.29 is 19.0 Å². The largest absolute Gasteiger partial charge is 0.493 e. The van der Waals surface area contributed by atoms with Gasteiger partial charge in [0.05, 0.1) is 43.3 Å². The minimum Gasteiger partial charge on any atom is -0.493 e. The number of carbonyl (C=O) groups is 1. The summed E-state index contributed by atoms with van der Waals surface area (Å²) in [5, 5.41) is 4.48. The van der Waals surface area contributed by atoms with Crippen LogP contribution in [0.15, 0.2) is 47.8 Å². The molecule has 4 rings (SSSR count). The third-order valence-electron chi connectivity index (χ3n) is 4.65. The number of methoxy groups -OCH3 is 2. The number of hydrogen-bond donors (Lipinski definition) is 2. The maximum atomic E-state index is 12.5. The van der Waals surface area contributed by atoms with Crippen molar-refractivity contribution in [2.45, 2.75) is 11.9 Å². The van der Waals surface area contributed by atoms with Crippen LogP contribution in [0.25, 0.3) is 21.9 Å². The lowest BCUT2D eigenvalue weighted by Crippen LogP contribution is -2.15. The van der Waals surface area contributed by atoms with Gasteiger partial charge in [0.15, 0.2) is 11.5 Å². The minimum atomic E-state index is -0.150. The van der Waals surface area contributed by atoms with Crippen LogP contribution < -0.4 is 19.5 Å². The molecular weight excluding hydrogens is 416 g/mol. The summed E-state index contributed by atoms with van der Waals surface area (Å²) in [6.45, 7) is 2.43. The monoisotopic (exact) mass is 438 g/mol. The van der Waals surface area contributed by atoms with Crippen molar-refractivity contribution in [1.29, 1.82) is 0 Å². The van der Waals surface area contributed by atoms with E-state index >= 15 is 0 Å². The highest BCUT2D eigenvalue weighted by Crippen LogP contribution is 2.37. The highest BCUT2D eigenvalue weighted by atomic mass is 32.2. The summed E-state index contributed by atoms with van der Waals surface area (Å²) in [4.78, 5) is 24.7. The summed E-state index contributed by atoms with van der Waals surface area (Å²) in [6, 6.07) is 11.1. The number of anilines is 1. The molecule has 0 aliphatic rings. The van der Waals surface area contributed by atoms with E-state index in [1.807, 2.05) is 43.3 Å². The number of hydrogen-bond acceptors (Lipinski definition) is 7. The molecule has 0 radical (unpaired) electrons. The molecule has 2 N–H and O–H groups in total. The first kappa shape index (κ1) is 20.8. The Balaban J connectivity index is 1.57. The SMILES string of the molecule is CCOc1ccccc1NC(=O)CSc1ncnc2c1[nH]c1cc(OC)c(OC)cc12. The lowest BCUT2D eigenvalue weighted by molar-refractivity contribution is -0.113. The molecule has 4 aromatic rings. The third-order valence-corrected chi connectivity index (χ3v) is 5.64. The number of rotatable bonds is 8. The van der Waals surface area contributed by atoms with Gasteiger partial charge in [-0.15, -0.1) is 0 Å². The second-order valence-corrected chi connectivity index (χ2v) is 7.51. The number of para-hydroxylation sites is 2. The molecule has 0 unspecified atom stereocenters. The van der Waals surface area contributed by atoms with Crippen molar-refractivity contribution >= 4 is 45.3 Å². The van der Waals surface area contributed by atoms with Crippen LogP contribution in [-0.4, -0.2) is 47.4 Å². The Kier molecular flexibility index (Phi) is 6.13. The normalized spacial score (nSPS) is 10.9. The van der Waals surface area contributed by atoms with Crippen LogP contribution in [0.2, 0.25) is 0 Å². The van der Waals surface area contributed by atoms with E-state index in [-0.39, 0.29) is 11.7 Å². The van der Waals surface area contributed by atoms with Gasteiger partial charge in [-0.05, 0) is 25.1 Å². The molecule has 0 aliphatic heterocycles. The van der Waals surface area contributed by atoms with Crippen molar-refractivity contribution in [3.05, 3.63) is 42.7 Å². The summed E-state index contributed by atoms with van der Waals surface area (Å²) in [6.07, 6.45) is 1.50. The van der Waals surface area contributed by atoms with Gasteiger partial charge in [0.2, 0.25) is 5.91 Å². The van der Waals surface area contributed by atoms with Crippen LogP contribution in [0.1, 0.15) is 6.92 Å². The van der Waals surface area contributed by atoms with Crippen LogP contribution in [0.3, 0.4) is 0 Å². The smallest absolute Gasteiger partial charge is 0.234 e. The zero-order chi connectivity index (χ0) is 21.8. The topological polar surface area (TPSA) is 98.4 Å². The number of amides is 1. The maximum absolute atomic E-state index is 12.5. The maximum Gasteiger partial charge on any atom is 0.234 e. The van der Waals surface area contributed by atoms with E-state index in [9.17, 15) is 4.79 Å². The number of nitrogens with zero attached hydrogens (tertiary/aromatic N) is 2. The molecule has 31 heavy (non-hydrogen) atoms. The zero-order valence-corrected chi connectivity index (χ0v) is 18.2. The molecule has 160 valence electrons. The van der Waals surface area contributed by atoms with E-state index in [1.54, 1.807) is 14.2 Å². The minimum absolute atomic E-state index is 0.150. The summed E-state index contributed by atoms with van der Waals surface area (Å²) in [7, 11) is 3.19. The van der Waals surface area contributed by atoms with E-state index < -0.39 is 0 Å². The van der Waals surface area contributed by atoms with E-state index in [4.69, 9.17) is 14.2 Å². The molecule has 8 nitrogen and oxygen atoms in total. The van der Waals surface area contributed by atoms with Gasteiger partial charge in [-0.25, -0.2) is 9.97 Å². The van der Waals surface area contributed by atoms with Gasteiger partial charge >= 0.3 is 0 Å². The number of fused-ring (bicyclic) bond motifs is 3. The zero-order valence-electron chi connectivity index (χ0n) is 17.4. The van der Waals surface area contributed by atoms with Crippen molar-refractivity contribution in [1.82, 2.24) is 15.0 Å². The average Bonchev–Trinajstić information content (AvgIpc) is 3.16. The number of aromatic amines is 1. The van der Waals surface area contributed by atoms with Gasteiger partial charge in [0.25, 0.3) is 0 Å². The third kappa shape index (κ3) is 4.22. The van der Waals surface area contributed by atoms with Gasteiger partial charge in [0, 0.05) is 11.5 Å². The van der Waals surface area contributed by atoms with E-state index in [0.29, 0.717) is 34.6 Å². The average molecular weight is 439 g/mol. The highest BCUT2D eigenvalue weighted by Gasteiger charge is 2.16. The second-order valence-electron chi connectivity index (χ2n) is 6.55. The molecule has 1 amide bonds. The molecule has 0 fully saturated rings. The lowest BCUT2D eigenvalue weighted by Gasteiger charge is -2.11. The van der Waals surface area contributed by atoms with E-state index in [2.05, 4.69) is 20.3 Å². The molecule has 0 saturated carbocycles. The van der Waals surface area contributed by atoms with Crippen molar-refractivity contribution in [3.63, 3.8) is 0 Å². The Morgan fingerprint density at radius 2 is 1.87 bits per heavy atom. The molecular formula is C22H22N4O4S. The van der Waals surface area contributed by atoms with Gasteiger partial charge in [-0.1, -0.05) is 23.9 Å². The standard InChI is InChI=1S/C22H22N4O4S/c1-4-30-16-8-6-5-7-14(16)25-19(27)11-31-22-21-20(23-12-24-22)13-9-17(28-2)18(29-3)10-15(13)26-21/h5-10,12,26H,4,11H2,1-3H3,(H,25,27). The van der Waals surface area contributed by atoms with Crippen LogP contribution in [0.5, 0.6) is 17.2 Å². The van der Waals surface area contributed by atoms with Crippen LogP contribution in [0, 0.1) is 0 Å². The van der Waals surface area contributed by atoms with Crippen LogP contribution >= 0.6 is 11.8 Å². The number of thioether (sulfide) groups is 1.